The van der Waals surface area contributed by atoms with Crippen LogP contribution in [0.4, 0.5) is 0 Å². The van der Waals surface area contributed by atoms with Crippen molar-refractivity contribution in [3.05, 3.63) is 17.7 Å². The predicted octanol–water partition coefficient (Wildman–Crippen LogP) is 0.985. The maximum Gasteiger partial charge on any atom is 0.264 e. The van der Waals surface area contributed by atoms with Gasteiger partial charge in [0.2, 0.25) is 5.75 Å². The highest BCUT2D eigenvalue weighted by atomic mass is 32.2. The number of hydrogen-bond donors (Lipinski definition) is 0. The van der Waals surface area contributed by atoms with E-state index in [1.165, 1.54) is 7.11 Å². The fourth-order valence-electron chi connectivity index (χ4n) is 1.83. The normalized spacial score (nSPS) is 13.8. The van der Waals surface area contributed by atoms with Gasteiger partial charge in [-0.1, -0.05) is 6.07 Å². The van der Waals surface area contributed by atoms with Crippen molar-refractivity contribution in [2.75, 3.05) is 33.2 Å². The Kier molecular flexibility index (Phi) is 4.16. The SMILES string of the molecule is COc1ccc2c(c1OCCOS(C)(=O)=O)OCC2. The minimum atomic E-state index is -3.45. The van der Waals surface area contributed by atoms with Crippen molar-refractivity contribution in [1.29, 1.82) is 0 Å². The van der Waals surface area contributed by atoms with Crippen molar-refractivity contribution in [2.24, 2.45) is 0 Å². The van der Waals surface area contributed by atoms with Gasteiger partial charge in [0.25, 0.3) is 10.1 Å². The van der Waals surface area contributed by atoms with E-state index in [-0.39, 0.29) is 13.2 Å². The van der Waals surface area contributed by atoms with Crippen LogP contribution in [0.3, 0.4) is 0 Å². The third-order valence-corrected chi connectivity index (χ3v) is 3.22. The van der Waals surface area contributed by atoms with Crippen molar-refractivity contribution in [2.45, 2.75) is 6.42 Å². The fourth-order valence-corrected chi connectivity index (χ4v) is 2.20. The van der Waals surface area contributed by atoms with Gasteiger partial charge >= 0.3 is 0 Å². The Hall–Kier alpha value is -1.47. The molecule has 0 unspecified atom stereocenters. The summed E-state index contributed by atoms with van der Waals surface area (Å²) < 4.78 is 42.5. The first-order chi connectivity index (χ1) is 9.01. The van der Waals surface area contributed by atoms with Crippen molar-refractivity contribution in [3.63, 3.8) is 0 Å². The summed E-state index contributed by atoms with van der Waals surface area (Å²) in [5.74, 6) is 1.72. The van der Waals surface area contributed by atoms with Gasteiger partial charge in [0.05, 0.1) is 20.0 Å². The molecule has 2 rings (SSSR count). The lowest BCUT2D eigenvalue weighted by molar-refractivity contribution is 0.208. The molecule has 1 aliphatic heterocycles. The second-order valence-corrected chi connectivity index (χ2v) is 5.70. The van der Waals surface area contributed by atoms with Crippen LogP contribution < -0.4 is 14.2 Å². The maximum atomic E-state index is 10.8. The first-order valence-electron chi connectivity index (χ1n) is 5.81. The third-order valence-electron chi connectivity index (χ3n) is 2.62. The molecule has 0 radical (unpaired) electrons. The summed E-state index contributed by atoms with van der Waals surface area (Å²) in [6.07, 6.45) is 1.83. The molecule has 0 N–H and O–H groups in total. The van der Waals surface area contributed by atoms with Crippen molar-refractivity contribution in [1.82, 2.24) is 0 Å². The predicted molar refractivity (Wildman–Crippen MR) is 68.5 cm³/mol. The van der Waals surface area contributed by atoms with Gasteiger partial charge in [-0.05, 0) is 6.07 Å². The summed E-state index contributed by atoms with van der Waals surface area (Å²) in [5, 5.41) is 0. The minimum absolute atomic E-state index is 0.0499. The van der Waals surface area contributed by atoms with Gasteiger partial charge < -0.3 is 14.2 Å². The van der Waals surface area contributed by atoms with E-state index < -0.39 is 10.1 Å². The van der Waals surface area contributed by atoms with E-state index in [1.54, 1.807) is 6.07 Å². The second-order valence-electron chi connectivity index (χ2n) is 4.06. The molecule has 1 aromatic carbocycles. The van der Waals surface area contributed by atoms with Crippen LogP contribution >= 0.6 is 0 Å². The van der Waals surface area contributed by atoms with Crippen molar-refractivity contribution >= 4 is 10.1 Å². The molecule has 0 aromatic heterocycles. The van der Waals surface area contributed by atoms with Crippen LogP contribution in [0.1, 0.15) is 5.56 Å². The lowest BCUT2D eigenvalue weighted by Gasteiger charge is -2.13. The molecule has 0 bridgehead atoms. The summed E-state index contributed by atoms with van der Waals surface area (Å²) in [4.78, 5) is 0. The lowest BCUT2D eigenvalue weighted by atomic mass is 10.1. The van der Waals surface area contributed by atoms with Crippen LogP contribution in [0.25, 0.3) is 0 Å². The Morgan fingerprint density at radius 1 is 1.32 bits per heavy atom. The number of rotatable bonds is 6. The number of benzene rings is 1. The zero-order valence-corrected chi connectivity index (χ0v) is 11.7. The highest BCUT2D eigenvalue weighted by molar-refractivity contribution is 7.85. The Labute approximate surface area is 112 Å². The average Bonchev–Trinajstić information content (AvgIpc) is 2.81. The lowest BCUT2D eigenvalue weighted by Crippen LogP contribution is -2.12. The summed E-state index contributed by atoms with van der Waals surface area (Å²) in [5.41, 5.74) is 1.06. The molecule has 0 saturated carbocycles. The molecule has 7 heteroatoms. The van der Waals surface area contributed by atoms with Gasteiger partial charge in [-0.2, -0.15) is 8.42 Å². The Morgan fingerprint density at radius 3 is 2.79 bits per heavy atom. The molecule has 19 heavy (non-hydrogen) atoms. The molecule has 106 valence electrons. The standard InChI is InChI=1S/C12H16O6S/c1-15-10-4-3-9-5-6-16-11(9)12(10)17-7-8-18-19(2,13)14/h3-4H,5-8H2,1-2H3. The van der Waals surface area contributed by atoms with E-state index in [0.29, 0.717) is 23.9 Å². The van der Waals surface area contributed by atoms with Crippen LogP contribution in [0.15, 0.2) is 12.1 Å². The molecule has 0 amide bonds. The molecule has 0 aliphatic carbocycles. The van der Waals surface area contributed by atoms with E-state index in [1.807, 2.05) is 6.07 Å². The van der Waals surface area contributed by atoms with Crippen molar-refractivity contribution in [3.8, 4) is 17.2 Å². The molecule has 1 aromatic rings. The fraction of sp³-hybridized carbons (Fsp3) is 0.500. The zero-order chi connectivity index (χ0) is 13.9. The van der Waals surface area contributed by atoms with Gasteiger partial charge in [-0.15, -0.1) is 0 Å². The molecule has 1 aliphatic rings. The van der Waals surface area contributed by atoms with Crippen LogP contribution in [0, 0.1) is 0 Å². The topological polar surface area (TPSA) is 71.1 Å². The summed E-state index contributed by atoms with van der Waals surface area (Å²) in [6.45, 7) is 0.660. The smallest absolute Gasteiger partial charge is 0.264 e. The molecule has 0 atom stereocenters. The molecule has 6 nitrogen and oxygen atoms in total. The second kappa shape index (κ2) is 5.66. The maximum absolute atomic E-state index is 10.8. The van der Waals surface area contributed by atoms with Crippen molar-refractivity contribution < 1.29 is 26.8 Å². The summed E-state index contributed by atoms with van der Waals surface area (Å²) in [7, 11) is -1.91. The van der Waals surface area contributed by atoms with E-state index in [2.05, 4.69) is 4.18 Å². The van der Waals surface area contributed by atoms with Crippen LogP contribution in [-0.2, 0) is 20.7 Å². The van der Waals surface area contributed by atoms with Gasteiger partial charge in [-0.25, -0.2) is 0 Å². The quantitative estimate of drug-likeness (QED) is 0.574. The first-order valence-corrected chi connectivity index (χ1v) is 7.63. The highest BCUT2D eigenvalue weighted by Gasteiger charge is 2.21. The summed E-state index contributed by atoms with van der Waals surface area (Å²) in [6, 6.07) is 3.74. The number of fused-ring (bicyclic) bond motifs is 1. The third kappa shape index (κ3) is 3.51. The Balaban J connectivity index is 2.05. The van der Waals surface area contributed by atoms with E-state index in [4.69, 9.17) is 14.2 Å². The summed E-state index contributed by atoms with van der Waals surface area (Å²) >= 11 is 0. The first kappa shape index (κ1) is 14.0. The van der Waals surface area contributed by atoms with Gasteiger partial charge in [0, 0.05) is 12.0 Å². The Bertz CT molecular complexity index is 552. The van der Waals surface area contributed by atoms with Crippen LogP contribution in [-0.4, -0.2) is 41.6 Å². The largest absolute Gasteiger partial charge is 0.493 e. The molecular formula is C12H16O6S. The van der Waals surface area contributed by atoms with Crippen LogP contribution in [0.2, 0.25) is 0 Å². The Morgan fingerprint density at radius 2 is 2.11 bits per heavy atom. The molecular weight excluding hydrogens is 272 g/mol. The molecule has 0 saturated heterocycles. The van der Waals surface area contributed by atoms with E-state index in [9.17, 15) is 8.42 Å². The van der Waals surface area contributed by atoms with Gasteiger partial charge in [0.15, 0.2) is 11.5 Å². The zero-order valence-electron chi connectivity index (χ0n) is 10.8. The number of methoxy groups -OCH3 is 1. The van der Waals surface area contributed by atoms with E-state index in [0.717, 1.165) is 18.2 Å². The van der Waals surface area contributed by atoms with Gasteiger partial charge in [-0.3, -0.25) is 4.18 Å². The van der Waals surface area contributed by atoms with E-state index >= 15 is 0 Å². The number of ether oxygens (including phenoxy) is 3. The van der Waals surface area contributed by atoms with Gasteiger partial charge in [0.1, 0.15) is 13.2 Å². The minimum Gasteiger partial charge on any atom is -0.493 e. The molecule has 1 heterocycles. The monoisotopic (exact) mass is 288 g/mol. The average molecular weight is 288 g/mol. The number of hydrogen-bond acceptors (Lipinski definition) is 6. The highest BCUT2D eigenvalue weighted by Crippen LogP contribution is 2.42. The molecule has 0 spiro atoms. The van der Waals surface area contributed by atoms with Crippen LogP contribution in [0.5, 0.6) is 17.2 Å². The molecule has 0 fully saturated rings.